The van der Waals surface area contributed by atoms with Crippen molar-refractivity contribution in [2.24, 2.45) is 0 Å². The van der Waals surface area contributed by atoms with E-state index in [2.05, 4.69) is 10.1 Å². The van der Waals surface area contributed by atoms with Gasteiger partial charge in [0.2, 0.25) is 0 Å². The van der Waals surface area contributed by atoms with E-state index in [1.165, 1.54) is 0 Å². The lowest BCUT2D eigenvalue weighted by molar-refractivity contribution is -0.137. The third-order valence-electron chi connectivity index (χ3n) is 4.23. The number of amides is 1. The van der Waals surface area contributed by atoms with E-state index in [4.69, 9.17) is 9.26 Å². The molecule has 0 saturated heterocycles. The normalized spacial score (nSPS) is 15.5. The number of para-hydroxylation sites is 1. The van der Waals surface area contributed by atoms with Crippen molar-refractivity contribution in [3.63, 3.8) is 0 Å². The average Bonchev–Trinajstić information content (AvgIpc) is 3.28. The molecular formula is C19H17N3O3. The van der Waals surface area contributed by atoms with Crippen LogP contribution in [0.4, 0.5) is 0 Å². The van der Waals surface area contributed by atoms with E-state index in [9.17, 15) is 4.79 Å². The van der Waals surface area contributed by atoms with Crippen molar-refractivity contribution in [3.05, 3.63) is 66.2 Å². The molecule has 0 radical (unpaired) electrons. The minimum atomic E-state index is -0.481. The summed E-state index contributed by atoms with van der Waals surface area (Å²) in [6.07, 6.45) is 3.52. The van der Waals surface area contributed by atoms with E-state index in [0.29, 0.717) is 18.7 Å². The maximum Gasteiger partial charge on any atom is 0.264 e. The van der Waals surface area contributed by atoms with Gasteiger partial charge in [-0.05, 0) is 23.8 Å². The maximum atomic E-state index is 12.6. The quantitative estimate of drug-likeness (QED) is 0.733. The van der Waals surface area contributed by atoms with Crippen molar-refractivity contribution in [2.45, 2.75) is 19.1 Å². The number of nitrogens with zero attached hydrogens (tertiary/aromatic N) is 3. The van der Waals surface area contributed by atoms with E-state index in [-0.39, 0.29) is 5.91 Å². The summed E-state index contributed by atoms with van der Waals surface area (Å²) >= 11 is 0. The lowest BCUT2D eigenvalue weighted by atomic mass is 10.1. The molecule has 0 unspecified atom stereocenters. The summed E-state index contributed by atoms with van der Waals surface area (Å²) in [5.74, 6) is 1.34. The van der Waals surface area contributed by atoms with Crippen LogP contribution in [0.5, 0.6) is 5.75 Å². The fraction of sp³-hybridized carbons (Fsp3) is 0.211. The Morgan fingerprint density at radius 2 is 2.04 bits per heavy atom. The van der Waals surface area contributed by atoms with Crippen molar-refractivity contribution in [1.29, 1.82) is 0 Å². The van der Waals surface area contributed by atoms with Crippen molar-refractivity contribution in [3.8, 4) is 17.0 Å². The summed E-state index contributed by atoms with van der Waals surface area (Å²) in [4.78, 5) is 18.2. The highest BCUT2D eigenvalue weighted by atomic mass is 16.5. The largest absolute Gasteiger partial charge is 0.480 e. The van der Waals surface area contributed by atoms with Crippen molar-refractivity contribution in [1.82, 2.24) is 15.0 Å². The Kier molecular flexibility index (Phi) is 3.93. The number of pyridine rings is 1. The number of ether oxygens (including phenoxy) is 1. The summed E-state index contributed by atoms with van der Waals surface area (Å²) < 4.78 is 11.1. The second kappa shape index (κ2) is 6.39. The highest BCUT2D eigenvalue weighted by Crippen LogP contribution is 2.29. The molecular weight excluding hydrogens is 318 g/mol. The molecule has 3 heterocycles. The Hall–Kier alpha value is -3.15. The predicted octanol–water partition coefficient (Wildman–Crippen LogP) is 2.70. The highest BCUT2D eigenvalue weighted by molar-refractivity contribution is 5.82. The fourth-order valence-corrected chi connectivity index (χ4v) is 2.92. The first kappa shape index (κ1) is 15.4. The van der Waals surface area contributed by atoms with Gasteiger partial charge in [-0.2, -0.15) is 0 Å². The van der Waals surface area contributed by atoms with Crippen molar-refractivity contribution >= 4 is 5.91 Å². The van der Waals surface area contributed by atoms with Crippen LogP contribution < -0.4 is 4.74 Å². The minimum Gasteiger partial charge on any atom is -0.480 e. The number of aromatic nitrogens is 2. The molecule has 2 aromatic heterocycles. The van der Waals surface area contributed by atoms with Gasteiger partial charge in [0, 0.05) is 37.5 Å². The van der Waals surface area contributed by atoms with Crippen LogP contribution >= 0.6 is 0 Å². The van der Waals surface area contributed by atoms with E-state index in [1.807, 2.05) is 42.5 Å². The Bertz CT molecular complexity index is 867. The van der Waals surface area contributed by atoms with E-state index < -0.39 is 6.10 Å². The molecule has 126 valence electrons. The molecule has 6 nitrogen and oxygen atoms in total. The molecule has 1 aromatic carbocycles. The molecule has 6 heteroatoms. The van der Waals surface area contributed by atoms with Gasteiger partial charge in [0.15, 0.2) is 11.9 Å². The third kappa shape index (κ3) is 3.10. The van der Waals surface area contributed by atoms with Crippen LogP contribution in [0.2, 0.25) is 0 Å². The van der Waals surface area contributed by atoms with Crippen molar-refractivity contribution < 1.29 is 14.1 Å². The van der Waals surface area contributed by atoms with Gasteiger partial charge in [0.05, 0.1) is 6.54 Å². The number of benzene rings is 1. The molecule has 4 rings (SSSR count). The number of likely N-dealkylation sites (N-methyl/N-ethyl adjacent to an activating group) is 1. The van der Waals surface area contributed by atoms with Gasteiger partial charge in [0.1, 0.15) is 11.4 Å². The van der Waals surface area contributed by atoms with E-state index in [0.717, 1.165) is 22.6 Å². The van der Waals surface area contributed by atoms with Crippen LogP contribution in [0, 0.1) is 0 Å². The Morgan fingerprint density at radius 3 is 2.84 bits per heavy atom. The van der Waals surface area contributed by atoms with Crippen LogP contribution in [-0.4, -0.2) is 34.1 Å². The van der Waals surface area contributed by atoms with Gasteiger partial charge in [-0.3, -0.25) is 9.78 Å². The number of hydrogen-bond acceptors (Lipinski definition) is 5. The number of fused-ring (bicyclic) bond motifs is 1. The Morgan fingerprint density at radius 1 is 1.24 bits per heavy atom. The monoisotopic (exact) mass is 335 g/mol. The van der Waals surface area contributed by atoms with Crippen LogP contribution in [-0.2, 0) is 17.8 Å². The van der Waals surface area contributed by atoms with Crippen LogP contribution in [0.25, 0.3) is 11.3 Å². The molecule has 3 aromatic rings. The van der Waals surface area contributed by atoms with E-state index >= 15 is 0 Å². The van der Waals surface area contributed by atoms with Gasteiger partial charge in [-0.1, -0.05) is 23.4 Å². The van der Waals surface area contributed by atoms with Gasteiger partial charge in [-0.25, -0.2) is 0 Å². The lowest BCUT2D eigenvalue weighted by Gasteiger charge is -2.19. The molecule has 0 aliphatic carbocycles. The maximum absolute atomic E-state index is 12.6. The predicted molar refractivity (Wildman–Crippen MR) is 90.8 cm³/mol. The first-order chi connectivity index (χ1) is 12.2. The standard InChI is InChI=1S/C19H17N3O3/c1-22(19(23)18-10-14-4-2-3-5-17(14)24-18)12-15-11-16(21-25-15)13-6-8-20-9-7-13/h2-9,11,18H,10,12H2,1H3/t18-/m1/s1. The summed E-state index contributed by atoms with van der Waals surface area (Å²) in [5, 5.41) is 4.06. The first-order valence-electron chi connectivity index (χ1n) is 8.06. The Balaban J connectivity index is 1.42. The first-order valence-corrected chi connectivity index (χ1v) is 8.06. The van der Waals surface area contributed by atoms with Crippen LogP contribution in [0.3, 0.4) is 0 Å². The molecule has 0 saturated carbocycles. The second-order valence-electron chi connectivity index (χ2n) is 6.03. The number of carbonyl (C=O) groups excluding carboxylic acids is 1. The molecule has 25 heavy (non-hydrogen) atoms. The average molecular weight is 335 g/mol. The van der Waals surface area contributed by atoms with Crippen LogP contribution in [0.15, 0.2) is 59.4 Å². The fourth-order valence-electron chi connectivity index (χ4n) is 2.92. The van der Waals surface area contributed by atoms with Crippen LogP contribution in [0.1, 0.15) is 11.3 Å². The SMILES string of the molecule is CN(Cc1cc(-c2ccncc2)no1)C(=O)[C@H]1Cc2ccccc2O1. The molecule has 0 spiro atoms. The molecule has 1 aliphatic heterocycles. The molecule has 1 atom stereocenters. The number of carbonyl (C=O) groups is 1. The molecule has 1 amide bonds. The Labute approximate surface area is 145 Å². The van der Waals surface area contributed by atoms with Gasteiger partial charge < -0.3 is 14.2 Å². The van der Waals surface area contributed by atoms with Crippen molar-refractivity contribution in [2.75, 3.05) is 7.05 Å². The summed E-state index contributed by atoms with van der Waals surface area (Å²) in [7, 11) is 1.74. The topological polar surface area (TPSA) is 68.5 Å². The summed E-state index contributed by atoms with van der Waals surface area (Å²) in [6.45, 7) is 0.340. The number of hydrogen-bond donors (Lipinski definition) is 0. The third-order valence-corrected chi connectivity index (χ3v) is 4.23. The van der Waals surface area contributed by atoms with Gasteiger partial charge >= 0.3 is 0 Å². The smallest absolute Gasteiger partial charge is 0.264 e. The second-order valence-corrected chi connectivity index (χ2v) is 6.03. The zero-order valence-electron chi connectivity index (χ0n) is 13.8. The molecule has 0 fully saturated rings. The van der Waals surface area contributed by atoms with Gasteiger partial charge in [-0.15, -0.1) is 0 Å². The molecule has 1 aliphatic rings. The molecule has 0 N–H and O–H groups in total. The van der Waals surface area contributed by atoms with E-state index in [1.54, 1.807) is 24.3 Å². The summed E-state index contributed by atoms with van der Waals surface area (Å²) in [5.41, 5.74) is 2.71. The zero-order chi connectivity index (χ0) is 17.2. The number of rotatable bonds is 4. The lowest BCUT2D eigenvalue weighted by Crippen LogP contribution is -2.38. The minimum absolute atomic E-state index is 0.0712. The highest BCUT2D eigenvalue weighted by Gasteiger charge is 2.31. The summed E-state index contributed by atoms with van der Waals surface area (Å²) in [6, 6.07) is 13.3. The zero-order valence-corrected chi connectivity index (χ0v) is 13.8. The molecule has 0 bridgehead atoms. The van der Waals surface area contributed by atoms with Gasteiger partial charge in [0.25, 0.3) is 5.91 Å².